The molecule has 0 aliphatic heterocycles. The van der Waals surface area contributed by atoms with E-state index >= 15 is 0 Å². The summed E-state index contributed by atoms with van der Waals surface area (Å²) < 4.78 is 1.24. The molecule has 0 bridgehead atoms. The van der Waals surface area contributed by atoms with Crippen molar-refractivity contribution in [1.29, 1.82) is 0 Å². The summed E-state index contributed by atoms with van der Waals surface area (Å²) in [6.45, 7) is 0.911. The maximum Gasteiger partial charge on any atom is 0.272 e. The third-order valence-corrected chi connectivity index (χ3v) is 4.48. The fourth-order valence-electron chi connectivity index (χ4n) is 2.91. The van der Waals surface area contributed by atoms with Gasteiger partial charge in [-0.1, -0.05) is 12.1 Å². The molecule has 4 rings (SSSR count). The summed E-state index contributed by atoms with van der Waals surface area (Å²) in [5.41, 5.74) is 2.31. The van der Waals surface area contributed by atoms with Crippen molar-refractivity contribution in [3.05, 3.63) is 64.2 Å². The number of hydrogen-bond acceptors (Lipinski definition) is 4. The van der Waals surface area contributed by atoms with Crippen molar-refractivity contribution in [3.63, 3.8) is 0 Å². The zero-order valence-corrected chi connectivity index (χ0v) is 13.9. The SMILES string of the molecule is CN(Cc1ccc(NC(=O)c2c[nH]n3c(=O)ccnc23)cc1)C1CC1. The number of aromatic nitrogens is 3. The van der Waals surface area contributed by atoms with Crippen molar-refractivity contribution in [2.24, 2.45) is 0 Å². The van der Waals surface area contributed by atoms with Gasteiger partial charge in [0.1, 0.15) is 5.56 Å². The van der Waals surface area contributed by atoms with Crippen LogP contribution < -0.4 is 10.9 Å². The van der Waals surface area contributed by atoms with Crippen molar-refractivity contribution >= 4 is 17.2 Å². The number of nitrogens with zero attached hydrogens (tertiary/aromatic N) is 3. The van der Waals surface area contributed by atoms with E-state index in [2.05, 4.69) is 27.3 Å². The molecule has 1 aromatic carbocycles. The third-order valence-electron chi connectivity index (χ3n) is 4.48. The van der Waals surface area contributed by atoms with Crippen molar-refractivity contribution in [2.45, 2.75) is 25.4 Å². The first-order valence-corrected chi connectivity index (χ1v) is 8.27. The molecular formula is C18H19N5O2. The molecule has 7 heteroatoms. The van der Waals surface area contributed by atoms with Crippen LogP contribution in [0.2, 0.25) is 0 Å². The molecule has 1 aliphatic carbocycles. The number of carbonyl (C=O) groups excluding carboxylic acids is 1. The monoisotopic (exact) mass is 337 g/mol. The number of nitrogens with one attached hydrogen (secondary N) is 2. The van der Waals surface area contributed by atoms with Crippen molar-refractivity contribution in [1.82, 2.24) is 19.5 Å². The van der Waals surface area contributed by atoms with Crippen LogP contribution in [0.15, 0.2) is 47.5 Å². The molecule has 2 N–H and O–H groups in total. The molecule has 0 spiro atoms. The van der Waals surface area contributed by atoms with Gasteiger partial charge in [0, 0.05) is 36.7 Å². The Morgan fingerprint density at radius 3 is 2.80 bits per heavy atom. The topological polar surface area (TPSA) is 82.5 Å². The molecule has 0 atom stereocenters. The van der Waals surface area contributed by atoms with Crippen LogP contribution in [0.4, 0.5) is 5.69 Å². The van der Waals surface area contributed by atoms with Gasteiger partial charge in [-0.2, -0.15) is 0 Å². The summed E-state index contributed by atoms with van der Waals surface area (Å²) >= 11 is 0. The van der Waals surface area contributed by atoms with Gasteiger partial charge in [0.25, 0.3) is 11.5 Å². The molecular weight excluding hydrogens is 318 g/mol. The van der Waals surface area contributed by atoms with Gasteiger partial charge in [-0.3, -0.25) is 19.6 Å². The molecule has 2 aromatic heterocycles. The Bertz CT molecular complexity index is 969. The maximum absolute atomic E-state index is 12.5. The largest absolute Gasteiger partial charge is 0.322 e. The van der Waals surface area contributed by atoms with Crippen LogP contribution in [0.5, 0.6) is 0 Å². The molecule has 7 nitrogen and oxygen atoms in total. The average molecular weight is 337 g/mol. The predicted molar refractivity (Wildman–Crippen MR) is 94.7 cm³/mol. The fourth-order valence-corrected chi connectivity index (χ4v) is 2.91. The summed E-state index contributed by atoms with van der Waals surface area (Å²) in [4.78, 5) is 30.6. The second-order valence-corrected chi connectivity index (χ2v) is 6.43. The second-order valence-electron chi connectivity index (χ2n) is 6.43. The highest BCUT2D eigenvalue weighted by atomic mass is 16.2. The van der Waals surface area contributed by atoms with Crippen LogP contribution in [-0.4, -0.2) is 38.5 Å². The van der Waals surface area contributed by atoms with Crippen molar-refractivity contribution < 1.29 is 4.79 Å². The lowest BCUT2D eigenvalue weighted by Crippen LogP contribution is -2.19. The third kappa shape index (κ3) is 3.18. The first-order valence-electron chi connectivity index (χ1n) is 8.27. The zero-order chi connectivity index (χ0) is 17.4. The van der Waals surface area contributed by atoms with Gasteiger partial charge in [-0.05, 0) is 37.6 Å². The van der Waals surface area contributed by atoms with E-state index in [1.807, 2.05) is 24.3 Å². The Balaban J connectivity index is 1.48. The Labute approximate surface area is 144 Å². The molecule has 1 amide bonds. The van der Waals surface area contributed by atoms with Gasteiger partial charge in [-0.25, -0.2) is 9.50 Å². The summed E-state index contributed by atoms with van der Waals surface area (Å²) in [6.07, 6.45) is 5.45. The van der Waals surface area contributed by atoms with E-state index in [1.54, 1.807) is 0 Å². The Morgan fingerprint density at radius 2 is 2.08 bits per heavy atom. The number of fused-ring (bicyclic) bond motifs is 1. The van der Waals surface area contributed by atoms with Gasteiger partial charge in [0.05, 0.1) is 0 Å². The average Bonchev–Trinajstić information content (AvgIpc) is 3.36. The smallest absolute Gasteiger partial charge is 0.272 e. The number of aromatic amines is 1. The van der Waals surface area contributed by atoms with Crippen LogP contribution >= 0.6 is 0 Å². The molecule has 1 fully saturated rings. The summed E-state index contributed by atoms with van der Waals surface area (Å²) in [5.74, 6) is -0.306. The number of carbonyl (C=O) groups is 1. The quantitative estimate of drug-likeness (QED) is 0.744. The number of benzene rings is 1. The van der Waals surface area contributed by atoms with E-state index in [9.17, 15) is 9.59 Å². The van der Waals surface area contributed by atoms with Gasteiger partial charge in [0.2, 0.25) is 0 Å². The molecule has 0 saturated heterocycles. The van der Waals surface area contributed by atoms with Crippen LogP contribution in [0, 0.1) is 0 Å². The normalized spacial score (nSPS) is 14.2. The van der Waals surface area contributed by atoms with Crippen LogP contribution in [0.25, 0.3) is 5.65 Å². The lowest BCUT2D eigenvalue weighted by atomic mass is 10.2. The van der Waals surface area contributed by atoms with E-state index in [0.717, 1.165) is 12.6 Å². The highest BCUT2D eigenvalue weighted by Crippen LogP contribution is 2.26. The van der Waals surface area contributed by atoms with Crippen LogP contribution in [0.1, 0.15) is 28.8 Å². The first kappa shape index (κ1) is 15.6. The highest BCUT2D eigenvalue weighted by Gasteiger charge is 2.25. The number of rotatable bonds is 5. The number of amides is 1. The summed E-state index contributed by atoms with van der Waals surface area (Å²) in [6, 6.07) is 9.88. The first-order chi connectivity index (χ1) is 12.1. The van der Waals surface area contributed by atoms with Gasteiger partial charge < -0.3 is 5.32 Å². The van der Waals surface area contributed by atoms with Crippen molar-refractivity contribution in [3.8, 4) is 0 Å². The van der Waals surface area contributed by atoms with Gasteiger partial charge in [-0.15, -0.1) is 0 Å². The molecule has 3 aromatic rings. The van der Waals surface area contributed by atoms with Crippen LogP contribution in [0.3, 0.4) is 0 Å². The Hall–Kier alpha value is -2.93. The lowest BCUT2D eigenvalue weighted by molar-refractivity contribution is 0.102. The zero-order valence-electron chi connectivity index (χ0n) is 13.9. The highest BCUT2D eigenvalue weighted by molar-refractivity contribution is 6.08. The maximum atomic E-state index is 12.5. The predicted octanol–water partition coefficient (Wildman–Crippen LogP) is 1.87. The van der Waals surface area contributed by atoms with Crippen molar-refractivity contribution in [2.75, 3.05) is 12.4 Å². The molecule has 0 radical (unpaired) electrons. The molecule has 128 valence electrons. The fraction of sp³-hybridized carbons (Fsp3) is 0.278. The molecule has 0 unspecified atom stereocenters. The number of anilines is 1. The Kier molecular flexibility index (Phi) is 3.85. The molecule has 1 aliphatic rings. The number of H-pyrrole nitrogens is 1. The molecule has 25 heavy (non-hydrogen) atoms. The molecule has 1 saturated carbocycles. The van der Waals surface area contributed by atoms with E-state index in [-0.39, 0.29) is 11.5 Å². The van der Waals surface area contributed by atoms with E-state index in [1.165, 1.54) is 41.4 Å². The Morgan fingerprint density at radius 1 is 1.32 bits per heavy atom. The molecule has 2 heterocycles. The standard InChI is InChI=1S/C18H19N5O2/c1-22(14-6-7-14)11-12-2-4-13(5-3-12)21-18(25)15-10-20-23-16(24)8-9-19-17(15)23/h2-5,8-10,14,20H,6-7,11H2,1H3,(H,21,25). The van der Waals surface area contributed by atoms with Gasteiger partial charge >= 0.3 is 0 Å². The number of hydrogen-bond donors (Lipinski definition) is 2. The minimum Gasteiger partial charge on any atom is -0.322 e. The second kappa shape index (κ2) is 6.18. The van der Waals surface area contributed by atoms with E-state index in [4.69, 9.17) is 0 Å². The lowest BCUT2D eigenvalue weighted by Gasteiger charge is -2.15. The van der Waals surface area contributed by atoms with E-state index < -0.39 is 0 Å². The van der Waals surface area contributed by atoms with Crippen LogP contribution in [-0.2, 0) is 6.54 Å². The minimum atomic E-state index is -0.306. The minimum absolute atomic E-state index is 0.256. The van der Waals surface area contributed by atoms with Gasteiger partial charge in [0.15, 0.2) is 5.65 Å². The van der Waals surface area contributed by atoms with E-state index in [0.29, 0.717) is 16.9 Å². The summed E-state index contributed by atoms with van der Waals surface area (Å²) in [7, 11) is 2.14. The summed E-state index contributed by atoms with van der Waals surface area (Å²) in [5, 5.41) is 5.59.